The van der Waals surface area contributed by atoms with Gasteiger partial charge in [-0.1, -0.05) is 0 Å². The third-order valence-corrected chi connectivity index (χ3v) is 3.46. The van der Waals surface area contributed by atoms with Crippen molar-refractivity contribution in [1.29, 1.82) is 0 Å². The van der Waals surface area contributed by atoms with Crippen LogP contribution >= 0.6 is 11.3 Å². The zero-order valence-corrected chi connectivity index (χ0v) is 12.3. The molecule has 5 nitrogen and oxygen atoms in total. The van der Waals surface area contributed by atoms with Crippen LogP contribution in [0.1, 0.15) is 22.8 Å². The minimum absolute atomic E-state index is 0.167. The molecule has 21 heavy (non-hydrogen) atoms. The van der Waals surface area contributed by atoms with Gasteiger partial charge in [-0.3, -0.25) is 4.79 Å². The van der Waals surface area contributed by atoms with Crippen LogP contribution in [-0.2, 0) is 16.0 Å². The number of phenols is 1. The molecule has 0 aliphatic carbocycles. The molecule has 1 heterocycles. The second-order valence-corrected chi connectivity index (χ2v) is 5.09. The molecule has 1 amide bonds. The maximum Gasteiger partial charge on any atom is 0.338 e. The number of nitrogens with one attached hydrogen (secondary N) is 1. The number of phenolic OH excluding ortho intramolecular Hbond substituents is 1. The average molecular weight is 305 g/mol. The monoisotopic (exact) mass is 305 g/mol. The first kappa shape index (κ1) is 15.1. The molecule has 0 spiro atoms. The van der Waals surface area contributed by atoms with Gasteiger partial charge in [0, 0.05) is 0 Å². The van der Waals surface area contributed by atoms with E-state index in [0.717, 1.165) is 5.56 Å². The number of carbonyl (C=O) groups is 2. The molecule has 0 saturated carbocycles. The maximum absolute atomic E-state index is 11.8. The highest BCUT2D eigenvalue weighted by molar-refractivity contribution is 7.08. The van der Waals surface area contributed by atoms with E-state index in [1.54, 1.807) is 6.92 Å². The number of benzene rings is 1. The molecule has 6 heteroatoms. The summed E-state index contributed by atoms with van der Waals surface area (Å²) in [4.78, 5) is 23.4. The van der Waals surface area contributed by atoms with Crippen molar-refractivity contribution in [1.82, 2.24) is 0 Å². The van der Waals surface area contributed by atoms with Gasteiger partial charge in [-0.05, 0) is 47.5 Å². The molecule has 2 rings (SSSR count). The smallest absolute Gasteiger partial charge is 0.338 e. The lowest BCUT2D eigenvalue weighted by atomic mass is 10.1. The molecule has 2 N–H and O–H groups in total. The fourth-order valence-corrected chi connectivity index (χ4v) is 2.42. The van der Waals surface area contributed by atoms with Crippen LogP contribution in [0.25, 0.3) is 0 Å². The molecule has 0 aliphatic rings. The lowest BCUT2D eigenvalue weighted by Gasteiger charge is -2.08. The first-order valence-electron chi connectivity index (χ1n) is 6.41. The van der Waals surface area contributed by atoms with Crippen molar-refractivity contribution in [3.8, 4) is 5.75 Å². The number of amides is 1. The number of ether oxygens (including phenoxy) is 1. The minimum Gasteiger partial charge on any atom is -0.506 e. The van der Waals surface area contributed by atoms with E-state index in [2.05, 4.69) is 5.32 Å². The standard InChI is InChI=1S/C15H15NO4S/c1-2-20-15(19)11-3-4-12(13(17)8-11)16-14(18)7-10-5-6-21-9-10/h3-6,8-9,17H,2,7H2,1H3,(H,16,18). The number of carbonyl (C=O) groups excluding carboxylic acids is 2. The average Bonchev–Trinajstić information content (AvgIpc) is 2.94. The number of hydrogen-bond donors (Lipinski definition) is 2. The minimum atomic E-state index is -0.510. The quantitative estimate of drug-likeness (QED) is 0.658. The van der Waals surface area contributed by atoms with Crippen LogP contribution < -0.4 is 5.32 Å². The van der Waals surface area contributed by atoms with Crippen LogP contribution in [0.3, 0.4) is 0 Å². The van der Waals surface area contributed by atoms with Gasteiger partial charge in [-0.2, -0.15) is 11.3 Å². The summed E-state index contributed by atoms with van der Waals surface area (Å²) in [5, 5.41) is 16.3. The van der Waals surface area contributed by atoms with E-state index in [1.165, 1.54) is 29.5 Å². The fourth-order valence-electron chi connectivity index (χ4n) is 1.75. The van der Waals surface area contributed by atoms with E-state index in [9.17, 15) is 14.7 Å². The van der Waals surface area contributed by atoms with Crippen molar-refractivity contribution < 1.29 is 19.4 Å². The van der Waals surface area contributed by atoms with Crippen LogP contribution in [-0.4, -0.2) is 23.6 Å². The SMILES string of the molecule is CCOC(=O)c1ccc(NC(=O)Cc2ccsc2)c(O)c1. The third kappa shape index (κ3) is 4.06. The van der Waals surface area contributed by atoms with Crippen molar-refractivity contribution in [2.24, 2.45) is 0 Å². The summed E-state index contributed by atoms with van der Waals surface area (Å²) < 4.78 is 4.84. The predicted octanol–water partition coefficient (Wildman–Crippen LogP) is 2.81. The predicted molar refractivity (Wildman–Crippen MR) is 80.7 cm³/mol. The second kappa shape index (κ2) is 6.90. The van der Waals surface area contributed by atoms with Crippen LogP contribution in [0, 0.1) is 0 Å². The van der Waals surface area contributed by atoms with Gasteiger partial charge in [0.15, 0.2) is 0 Å². The fraction of sp³-hybridized carbons (Fsp3) is 0.200. The Morgan fingerprint density at radius 3 is 2.76 bits per heavy atom. The second-order valence-electron chi connectivity index (χ2n) is 4.31. The summed E-state index contributed by atoms with van der Waals surface area (Å²) >= 11 is 1.52. The number of thiophene rings is 1. The molecule has 0 radical (unpaired) electrons. The van der Waals surface area contributed by atoms with Gasteiger partial charge in [0.05, 0.1) is 24.3 Å². The van der Waals surface area contributed by atoms with Crippen LogP contribution in [0.2, 0.25) is 0 Å². The summed E-state index contributed by atoms with van der Waals surface area (Å²) in [6, 6.07) is 6.12. The Labute approximate surface area is 126 Å². The van der Waals surface area contributed by atoms with E-state index in [0.29, 0.717) is 0 Å². The first-order chi connectivity index (χ1) is 10.1. The van der Waals surface area contributed by atoms with Crippen molar-refractivity contribution >= 4 is 28.9 Å². The van der Waals surface area contributed by atoms with E-state index in [4.69, 9.17) is 4.74 Å². The lowest BCUT2D eigenvalue weighted by molar-refractivity contribution is -0.115. The summed E-state index contributed by atoms with van der Waals surface area (Å²) in [7, 11) is 0. The maximum atomic E-state index is 11.8. The molecule has 0 aliphatic heterocycles. The molecule has 0 saturated heterocycles. The van der Waals surface area contributed by atoms with E-state index >= 15 is 0 Å². The van der Waals surface area contributed by atoms with Gasteiger partial charge >= 0.3 is 5.97 Å². The number of esters is 1. The number of anilines is 1. The number of rotatable bonds is 5. The highest BCUT2D eigenvalue weighted by atomic mass is 32.1. The Kier molecular flexibility index (Phi) is 4.94. The topological polar surface area (TPSA) is 75.6 Å². The van der Waals surface area contributed by atoms with Gasteiger partial charge in [0.2, 0.25) is 5.91 Å². The number of aromatic hydroxyl groups is 1. The molecule has 0 unspecified atom stereocenters. The highest BCUT2D eigenvalue weighted by Gasteiger charge is 2.12. The van der Waals surface area contributed by atoms with Gasteiger partial charge in [-0.25, -0.2) is 4.79 Å². The van der Waals surface area contributed by atoms with Crippen molar-refractivity contribution in [3.05, 3.63) is 46.2 Å². The van der Waals surface area contributed by atoms with Crippen LogP contribution in [0.4, 0.5) is 5.69 Å². The van der Waals surface area contributed by atoms with Crippen molar-refractivity contribution in [3.63, 3.8) is 0 Å². The van der Waals surface area contributed by atoms with E-state index in [1.807, 2.05) is 16.8 Å². The zero-order chi connectivity index (χ0) is 15.2. The molecule has 110 valence electrons. The zero-order valence-electron chi connectivity index (χ0n) is 11.5. The van der Waals surface area contributed by atoms with Gasteiger partial charge in [0.1, 0.15) is 5.75 Å². The molecule has 2 aromatic rings. The van der Waals surface area contributed by atoms with E-state index in [-0.39, 0.29) is 35.9 Å². The molecule has 0 bridgehead atoms. The van der Waals surface area contributed by atoms with Crippen molar-refractivity contribution in [2.45, 2.75) is 13.3 Å². The van der Waals surface area contributed by atoms with Gasteiger partial charge < -0.3 is 15.2 Å². The Hall–Kier alpha value is -2.34. The summed E-state index contributed by atoms with van der Waals surface area (Å²) in [5.74, 6) is -0.907. The van der Waals surface area contributed by atoms with Gasteiger partial charge in [0.25, 0.3) is 0 Å². The highest BCUT2D eigenvalue weighted by Crippen LogP contribution is 2.25. The molecule has 0 fully saturated rings. The van der Waals surface area contributed by atoms with Gasteiger partial charge in [-0.15, -0.1) is 0 Å². The first-order valence-corrected chi connectivity index (χ1v) is 7.35. The largest absolute Gasteiger partial charge is 0.506 e. The molecule has 0 atom stereocenters. The Bertz CT molecular complexity index is 637. The lowest BCUT2D eigenvalue weighted by Crippen LogP contribution is -2.14. The Balaban J connectivity index is 2.03. The molecular formula is C15H15NO4S. The third-order valence-electron chi connectivity index (χ3n) is 2.73. The normalized spacial score (nSPS) is 10.1. The molecule has 1 aromatic carbocycles. The molecule has 1 aromatic heterocycles. The Morgan fingerprint density at radius 2 is 2.14 bits per heavy atom. The van der Waals surface area contributed by atoms with Crippen molar-refractivity contribution in [2.75, 3.05) is 11.9 Å². The number of hydrogen-bond acceptors (Lipinski definition) is 5. The molecular weight excluding hydrogens is 290 g/mol. The summed E-state index contributed by atoms with van der Waals surface area (Å²) in [5.41, 5.74) is 1.42. The summed E-state index contributed by atoms with van der Waals surface area (Å²) in [6.07, 6.45) is 0.239. The van der Waals surface area contributed by atoms with Crippen LogP contribution in [0.15, 0.2) is 35.0 Å². The van der Waals surface area contributed by atoms with Crippen LogP contribution in [0.5, 0.6) is 5.75 Å². The Morgan fingerprint density at radius 1 is 1.33 bits per heavy atom. The summed E-state index contributed by atoms with van der Waals surface area (Å²) in [6.45, 7) is 1.97. The van der Waals surface area contributed by atoms with E-state index < -0.39 is 5.97 Å².